The highest BCUT2D eigenvalue weighted by Crippen LogP contribution is 2.31. The Morgan fingerprint density at radius 2 is 1.86 bits per heavy atom. The van der Waals surface area contributed by atoms with Crippen LogP contribution in [0, 0.1) is 0 Å². The Morgan fingerprint density at radius 3 is 2.50 bits per heavy atom. The molecule has 3 heterocycles. The maximum absolute atomic E-state index is 12.7. The zero-order valence-corrected chi connectivity index (χ0v) is 15.9. The first-order valence-corrected chi connectivity index (χ1v) is 8.65. The third-order valence-electron chi connectivity index (χ3n) is 3.53. The van der Waals surface area contributed by atoms with Gasteiger partial charge in [0.1, 0.15) is 5.69 Å². The van der Waals surface area contributed by atoms with E-state index in [9.17, 15) is 18.0 Å². The number of hydrogen-bond donors (Lipinski definition) is 1. The SMILES string of the molecule is O=C(NCc1ncc(C(F)(F)F)cc1Cl)c1ccnn1-c1ncc(Cl)cc1Cl. The van der Waals surface area contributed by atoms with Gasteiger partial charge in [0.15, 0.2) is 5.82 Å². The summed E-state index contributed by atoms with van der Waals surface area (Å²) in [6.45, 7) is -0.192. The lowest BCUT2D eigenvalue weighted by Gasteiger charge is -2.11. The Balaban J connectivity index is 1.78. The Hall–Kier alpha value is -2.36. The molecule has 6 nitrogen and oxygen atoms in total. The molecule has 12 heteroatoms. The van der Waals surface area contributed by atoms with Crippen LogP contribution in [-0.4, -0.2) is 25.7 Å². The molecule has 0 spiro atoms. The third-order valence-corrected chi connectivity index (χ3v) is 4.34. The fraction of sp³-hybridized carbons (Fsp3) is 0.125. The highest BCUT2D eigenvalue weighted by atomic mass is 35.5. The second-order valence-electron chi connectivity index (χ2n) is 5.42. The maximum Gasteiger partial charge on any atom is 0.417 e. The summed E-state index contributed by atoms with van der Waals surface area (Å²) < 4.78 is 39.2. The van der Waals surface area contributed by atoms with E-state index in [0.29, 0.717) is 11.2 Å². The smallest absolute Gasteiger partial charge is 0.345 e. The van der Waals surface area contributed by atoms with Gasteiger partial charge in [-0.1, -0.05) is 34.8 Å². The van der Waals surface area contributed by atoms with E-state index in [1.807, 2.05) is 0 Å². The Kier molecular flexibility index (Phi) is 5.78. The van der Waals surface area contributed by atoms with E-state index in [2.05, 4.69) is 20.4 Å². The summed E-state index contributed by atoms with van der Waals surface area (Å²) in [6, 6.07) is 3.61. The number of carbonyl (C=O) groups is 1. The quantitative estimate of drug-likeness (QED) is 0.632. The molecule has 1 amide bonds. The average molecular weight is 451 g/mol. The standard InChI is InChI=1S/C16H9Cl3F3N5O/c17-9-4-11(19)14(24-6-9)27-13(1-2-26-27)15(28)25-7-12-10(18)3-8(5-23-12)16(20,21)22/h1-6H,7H2,(H,25,28). The number of halogens is 6. The van der Waals surface area contributed by atoms with E-state index in [-0.39, 0.29) is 33.8 Å². The molecule has 146 valence electrons. The van der Waals surface area contributed by atoms with Gasteiger partial charge in [0.2, 0.25) is 0 Å². The molecule has 0 radical (unpaired) electrons. The lowest BCUT2D eigenvalue weighted by molar-refractivity contribution is -0.137. The molecule has 0 aromatic carbocycles. The van der Waals surface area contributed by atoms with Crippen molar-refractivity contribution in [3.8, 4) is 5.82 Å². The summed E-state index contributed by atoms with van der Waals surface area (Å²) in [5.74, 6) is -0.394. The second kappa shape index (κ2) is 7.94. The van der Waals surface area contributed by atoms with Gasteiger partial charge in [-0.25, -0.2) is 9.67 Å². The number of pyridine rings is 2. The number of rotatable bonds is 4. The molecule has 0 aliphatic carbocycles. The summed E-state index contributed by atoms with van der Waals surface area (Å²) >= 11 is 17.7. The van der Waals surface area contributed by atoms with Crippen LogP contribution in [0.25, 0.3) is 5.82 Å². The first-order valence-electron chi connectivity index (χ1n) is 7.52. The van der Waals surface area contributed by atoms with Gasteiger partial charge in [0.05, 0.1) is 39.1 Å². The predicted octanol–water partition coefficient (Wildman–Crippen LogP) is 4.57. The van der Waals surface area contributed by atoms with Crippen molar-refractivity contribution in [2.45, 2.75) is 12.7 Å². The van der Waals surface area contributed by atoms with Gasteiger partial charge in [0, 0.05) is 12.4 Å². The van der Waals surface area contributed by atoms with Crippen LogP contribution in [0.4, 0.5) is 13.2 Å². The van der Waals surface area contributed by atoms with Gasteiger partial charge in [-0.3, -0.25) is 9.78 Å². The first kappa shape index (κ1) is 20.4. The van der Waals surface area contributed by atoms with Gasteiger partial charge >= 0.3 is 6.18 Å². The molecule has 0 aliphatic heterocycles. The fourth-order valence-electron chi connectivity index (χ4n) is 2.21. The van der Waals surface area contributed by atoms with Crippen LogP contribution in [0.15, 0.2) is 36.8 Å². The molecule has 0 fully saturated rings. The highest BCUT2D eigenvalue weighted by molar-refractivity contribution is 6.35. The zero-order valence-electron chi connectivity index (χ0n) is 13.6. The summed E-state index contributed by atoms with van der Waals surface area (Å²) in [5.41, 5.74) is -0.800. The van der Waals surface area contributed by atoms with Crippen LogP contribution in [0.1, 0.15) is 21.7 Å². The van der Waals surface area contributed by atoms with Crippen molar-refractivity contribution < 1.29 is 18.0 Å². The molecule has 28 heavy (non-hydrogen) atoms. The number of alkyl halides is 3. The second-order valence-corrected chi connectivity index (χ2v) is 6.67. The number of hydrogen-bond acceptors (Lipinski definition) is 4. The van der Waals surface area contributed by atoms with Crippen molar-refractivity contribution in [1.29, 1.82) is 0 Å². The molecule has 0 atom stereocenters. The van der Waals surface area contributed by atoms with Crippen molar-refractivity contribution in [2.75, 3.05) is 0 Å². The number of nitrogens with zero attached hydrogens (tertiary/aromatic N) is 4. The van der Waals surface area contributed by atoms with Crippen LogP contribution >= 0.6 is 34.8 Å². The van der Waals surface area contributed by atoms with Crippen molar-refractivity contribution >= 4 is 40.7 Å². The fourth-order valence-corrected chi connectivity index (χ4v) is 2.91. The molecular formula is C16H9Cl3F3N5O. The van der Waals surface area contributed by atoms with Crippen molar-refractivity contribution in [1.82, 2.24) is 25.1 Å². The predicted molar refractivity (Wildman–Crippen MR) is 96.8 cm³/mol. The Labute approximate surface area is 171 Å². The van der Waals surface area contributed by atoms with Gasteiger partial charge < -0.3 is 5.32 Å². The lowest BCUT2D eigenvalue weighted by Crippen LogP contribution is -2.26. The summed E-state index contributed by atoms with van der Waals surface area (Å²) in [6.07, 6.45) is -1.20. The molecule has 0 bridgehead atoms. The molecule has 3 rings (SSSR count). The molecular weight excluding hydrogens is 442 g/mol. The molecule has 0 unspecified atom stereocenters. The third kappa shape index (κ3) is 4.37. The average Bonchev–Trinajstić information content (AvgIpc) is 3.09. The molecule has 3 aromatic rings. The molecule has 3 aromatic heterocycles. The van der Waals surface area contributed by atoms with Gasteiger partial charge in [0.25, 0.3) is 5.91 Å². The van der Waals surface area contributed by atoms with Crippen LogP contribution in [0.3, 0.4) is 0 Å². The summed E-state index contributed by atoms with van der Waals surface area (Å²) in [5, 5.41) is 6.80. The molecule has 0 saturated carbocycles. The van der Waals surface area contributed by atoms with Crippen LogP contribution < -0.4 is 5.32 Å². The number of aromatic nitrogens is 4. The van der Waals surface area contributed by atoms with Crippen LogP contribution in [0.2, 0.25) is 15.1 Å². The number of amides is 1. The minimum absolute atomic E-state index is 0.0803. The number of nitrogens with one attached hydrogen (secondary N) is 1. The van der Waals surface area contributed by atoms with Crippen LogP contribution in [-0.2, 0) is 12.7 Å². The topological polar surface area (TPSA) is 72.7 Å². The van der Waals surface area contributed by atoms with E-state index in [1.54, 1.807) is 0 Å². The van der Waals surface area contributed by atoms with Gasteiger partial charge in [-0.15, -0.1) is 0 Å². The van der Waals surface area contributed by atoms with E-state index in [1.165, 1.54) is 29.2 Å². The highest BCUT2D eigenvalue weighted by Gasteiger charge is 2.31. The Bertz CT molecular complexity index is 1040. The van der Waals surface area contributed by atoms with E-state index in [4.69, 9.17) is 34.8 Å². The minimum atomic E-state index is -4.56. The monoisotopic (exact) mass is 449 g/mol. The molecule has 1 N–H and O–H groups in total. The van der Waals surface area contributed by atoms with Crippen molar-refractivity contribution in [3.63, 3.8) is 0 Å². The van der Waals surface area contributed by atoms with E-state index in [0.717, 1.165) is 6.07 Å². The maximum atomic E-state index is 12.7. The largest absolute Gasteiger partial charge is 0.417 e. The van der Waals surface area contributed by atoms with Gasteiger partial charge in [-0.05, 0) is 18.2 Å². The summed E-state index contributed by atoms with van der Waals surface area (Å²) in [7, 11) is 0. The zero-order chi connectivity index (χ0) is 20.5. The minimum Gasteiger partial charge on any atom is -0.345 e. The van der Waals surface area contributed by atoms with Crippen molar-refractivity contribution in [2.24, 2.45) is 0 Å². The molecule has 0 aliphatic rings. The van der Waals surface area contributed by atoms with E-state index < -0.39 is 17.6 Å². The Morgan fingerprint density at radius 1 is 1.11 bits per heavy atom. The summed E-state index contributed by atoms with van der Waals surface area (Å²) in [4.78, 5) is 20.2. The van der Waals surface area contributed by atoms with Crippen LogP contribution in [0.5, 0.6) is 0 Å². The normalized spacial score (nSPS) is 11.5. The lowest BCUT2D eigenvalue weighted by atomic mass is 10.2. The van der Waals surface area contributed by atoms with Crippen molar-refractivity contribution in [3.05, 3.63) is 68.8 Å². The molecule has 0 saturated heterocycles. The first-order chi connectivity index (χ1) is 13.2. The van der Waals surface area contributed by atoms with Gasteiger partial charge in [-0.2, -0.15) is 18.3 Å². The number of carbonyl (C=O) groups excluding carboxylic acids is 1. The van der Waals surface area contributed by atoms with E-state index >= 15 is 0 Å².